The van der Waals surface area contributed by atoms with Crippen LogP contribution in [0.25, 0.3) is 0 Å². The molecule has 0 aromatic carbocycles. The fourth-order valence-corrected chi connectivity index (χ4v) is 0.523. The fourth-order valence-electron chi connectivity index (χ4n) is 0.523. The first-order valence-corrected chi connectivity index (χ1v) is 2.78. The molecule has 1 aromatic heterocycles. The van der Waals surface area contributed by atoms with E-state index >= 15 is 0 Å². The second-order valence-corrected chi connectivity index (χ2v) is 1.60. The topological polar surface area (TPSA) is 68.5 Å². The zero-order chi connectivity index (χ0) is 8.10. The summed E-state index contributed by atoms with van der Waals surface area (Å²) in [7, 11) is 0. The van der Waals surface area contributed by atoms with E-state index in [0.29, 0.717) is 0 Å². The van der Waals surface area contributed by atoms with Gasteiger partial charge in [-0.3, -0.25) is 4.79 Å². The summed E-state index contributed by atoms with van der Waals surface area (Å²) in [5.74, 6) is -0.693. The zero-order valence-corrected chi connectivity index (χ0v) is 5.44. The zero-order valence-electron chi connectivity index (χ0n) is 5.44. The molecular weight excluding hydrogens is 189 g/mol. The molecule has 0 aliphatic carbocycles. The molecule has 6 heteroatoms. The second kappa shape index (κ2) is 6.38. The Bertz CT molecular complexity index is 246. The summed E-state index contributed by atoms with van der Waals surface area (Å²) < 4.78 is 4.66. The van der Waals surface area contributed by atoms with Crippen molar-refractivity contribution >= 4 is 63.8 Å². The van der Waals surface area contributed by atoms with Crippen molar-refractivity contribution in [2.75, 3.05) is 0 Å². The number of nitrogens with one attached hydrogen (secondary N) is 1. The minimum atomic E-state index is -0.734. The van der Waals surface area contributed by atoms with Crippen molar-refractivity contribution in [3.05, 3.63) is 24.2 Å². The van der Waals surface area contributed by atoms with Crippen molar-refractivity contribution < 1.29 is 18.8 Å². The SMILES string of the molecule is O=CNOC(=O)c1ccco1.[KH]. The Morgan fingerprint density at radius 1 is 1.67 bits per heavy atom. The van der Waals surface area contributed by atoms with Crippen molar-refractivity contribution in [3.8, 4) is 0 Å². The van der Waals surface area contributed by atoms with Gasteiger partial charge in [0.2, 0.25) is 12.2 Å². The van der Waals surface area contributed by atoms with Gasteiger partial charge in [-0.15, -0.1) is 0 Å². The maximum absolute atomic E-state index is 10.7. The number of amides is 1. The van der Waals surface area contributed by atoms with Crippen LogP contribution >= 0.6 is 0 Å². The molecule has 0 saturated heterocycles. The first-order chi connectivity index (χ1) is 5.34. The number of hydrogen-bond donors (Lipinski definition) is 1. The van der Waals surface area contributed by atoms with E-state index in [-0.39, 0.29) is 63.6 Å². The van der Waals surface area contributed by atoms with Crippen LogP contribution in [0.2, 0.25) is 0 Å². The van der Waals surface area contributed by atoms with Crippen molar-refractivity contribution in [2.24, 2.45) is 0 Å². The van der Waals surface area contributed by atoms with E-state index in [1.165, 1.54) is 18.4 Å². The van der Waals surface area contributed by atoms with Crippen LogP contribution in [0.1, 0.15) is 10.6 Å². The second-order valence-electron chi connectivity index (χ2n) is 1.60. The molecule has 1 N–H and O–H groups in total. The van der Waals surface area contributed by atoms with Crippen molar-refractivity contribution in [1.29, 1.82) is 0 Å². The van der Waals surface area contributed by atoms with Crippen LogP contribution in [0, 0.1) is 0 Å². The standard InChI is InChI=1S/C6H5NO4.K.H/c8-4-7-11-6(9)5-2-1-3-10-5;;/h1-4H,(H,7,8);;. The van der Waals surface area contributed by atoms with Gasteiger partial charge >= 0.3 is 57.4 Å². The average Bonchev–Trinajstić information content (AvgIpc) is 2.52. The quantitative estimate of drug-likeness (QED) is 0.399. The number of carbonyl (C=O) groups excluding carboxylic acids is 2. The normalized spacial score (nSPS) is 8.00. The van der Waals surface area contributed by atoms with Gasteiger partial charge in [0.1, 0.15) is 0 Å². The van der Waals surface area contributed by atoms with Crippen molar-refractivity contribution in [3.63, 3.8) is 0 Å². The van der Waals surface area contributed by atoms with Gasteiger partial charge in [-0.1, -0.05) is 0 Å². The number of rotatable bonds is 3. The van der Waals surface area contributed by atoms with Gasteiger partial charge in [0.05, 0.1) is 6.26 Å². The molecule has 0 aliphatic rings. The maximum atomic E-state index is 10.7. The molecule has 0 fully saturated rings. The molecule has 1 heterocycles. The summed E-state index contributed by atoms with van der Waals surface area (Å²) in [4.78, 5) is 24.6. The van der Waals surface area contributed by atoms with Crippen LogP contribution in [-0.4, -0.2) is 63.8 Å². The van der Waals surface area contributed by atoms with Crippen molar-refractivity contribution in [1.82, 2.24) is 5.48 Å². The summed E-state index contributed by atoms with van der Waals surface area (Å²) in [6.45, 7) is 0. The Labute approximate surface area is 111 Å². The molecule has 1 amide bonds. The molecule has 0 aliphatic heterocycles. The third kappa shape index (κ3) is 3.50. The summed E-state index contributed by atoms with van der Waals surface area (Å²) in [6.07, 6.45) is 1.58. The summed E-state index contributed by atoms with van der Waals surface area (Å²) in [5, 5.41) is 0. The first-order valence-electron chi connectivity index (χ1n) is 2.78. The van der Waals surface area contributed by atoms with Gasteiger partial charge in [0.15, 0.2) is 0 Å². The van der Waals surface area contributed by atoms with Gasteiger partial charge in [-0.25, -0.2) is 4.79 Å². The van der Waals surface area contributed by atoms with E-state index in [0.717, 1.165) is 0 Å². The Hall–Kier alpha value is -0.144. The third-order valence-electron chi connectivity index (χ3n) is 0.922. The Balaban J connectivity index is 0.00000121. The van der Waals surface area contributed by atoms with E-state index in [9.17, 15) is 9.59 Å². The molecule has 60 valence electrons. The van der Waals surface area contributed by atoms with Crippen molar-refractivity contribution in [2.45, 2.75) is 0 Å². The summed E-state index contributed by atoms with van der Waals surface area (Å²) in [5.41, 5.74) is 1.75. The number of furan rings is 1. The molecular formula is C6H6KNO4. The molecule has 0 unspecified atom stereocenters. The first kappa shape index (κ1) is 11.9. The van der Waals surface area contributed by atoms with Gasteiger partial charge in [0.25, 0.3) is 0 Å². The summed E-state index contributed by atoms with van der Waals surface area (Å²) in [6, 6.07) is 2.96. The molecule has 1 aromatic rings. The number of carbonyl (C=O) groups is 2. The van der Waals surface area contributed by atoms with Crippen LogP contribution in [0.4, 0.5) is 0 Å². The minimum absolute atomic E-state index is 0. The van der Waals surface area contributed by atoms with Crippen LogP contribution < -0.4 is 5.48 Å². The molecule has 0 radical (unpaired) electrons. The Kier molecular flexibility index (Phi) is 6.30. The van der Waals surface area contributed by atoms with Gasteiger partial charge in [-0.2, -0.15) is 5.48 Å². The summed E-state index contributed by atoms with van der Waals surface area (Å²) >= 11 is 0. The molecule has 0 bridgehead atoms. The van der Waals surface area contributed by atoms with E-state index in [1.54, 1.807) is 5.48 Å². The molecule has 12 heavy (non-hydrogen) atoms. The third-order valence-corrected chi connectivity index (χ3v) is 0.922. The Morgan fingerprint density at radius 3 is 2.92 bits per heavy atom. The van der Waals surface area contributed by atoms with E-state index in [2.05, 4.69) is 9.25 Å². The predicted molar refractivity (Wildman–Crippen MR) is 40.5 cm³/mol. The van der Waals surface area contributed by atoms with E-state index in [1.807, 2.05) is 0 Å². The van der Waals surface area contributed by atoms with Gasteiger partial charge in [0, 0.05) is 0 Å². The van der Waals surface area contributed by atoms with Crippen LogP contribution in [0.5, 0.6) is 0 Å². The number of hydrogen-bond acceptors (Lipinski definition) is 4. The van der Waals surface area contributed by atoms with E-state index in [4.69, 9.17) is 0 Å². The molecule has 5 nitrogen and oxygen atoms in total. The van der Waals surface area contributed by atoms with Crippen LogP contribution in [-0.2, 0) is 9.63 Å². The molecule has 0 saturated carbocycles. The van der Waals surface area contributed by atoms with E-state index < -0.39 is 5.97 Å². The number of hydroxylamine groups is 1. The molecule has 0 spiro atoms. The average molecular weight is 195 g/mol. The molecule has 0 atom stereocenters. The molecule has 1 rings (SSSR count). The Morgan fingerprint density at radius 2 is 2.42 bits per heavy atom. The fraction of sp³-hybridized carbons (Fsp3) is 0. The van der Waals surface area contributed by atoms with Gasteiger partial charge < -0.3 is 9.25 Å². The van der Waals surface area contributed by atoms with Gasteiger partial charge in [-0.05, 0) is 12.1 Å². The monoisotopic (exact) mass is 195 g/mol. The van der Waals surface area contributed by atoms with Crippen LogP contribution in [0.15, 0.2) is 22.8 Å². The predicted octanol–water partition coefficient (Wildman–Crippen LogP) is -0.551. The van der Waals surface area contributed by atoms with Crippen LogP contribution in [0.3, 0.4) is 0 Å².